The maximum absolute atomic E-state index is 12.4. The highest BCUT2D eigenvalue weighted by Crippen LogP contribution is 2.35. The molecule has 0 spiro atoms. The Morgan fingerprint density at radius 1 is 0.960 bits per heavy atom. The lowest BCUT2D eigenvalue weighted by Crippen LogP contribution is -2.00. The van der Waals surface area contributed by atoms with E-state index in [9.17, 15) is 8.42 Å². The first-order valence-corrected chi connectivity index (χ1v) is 9.84. The zero-order chi connectivity index (χ0) is 18.4. The third kappa shape index (κ3) is 5.24. The molecular weight excluding hydrogens is 408 g/mol. The molecule has 0 atom stereocenters. The summed E-state index contributed by atoms with van der Waals surface area (Å²) in [5.41, 5.74) is 1.24. The van der Waals surface area contributed by atoms with Gasteiger partial charge in [-0.3, -0.25) is 0 Å². The van der Waals surface area contributed by atoms with Gasteiger partial charge in [-0.1, -0.05) is 28.1 Å². The fourth-order valence-corrected chi connectivity index (χ4v) is 3.59. The molecule has 0 unspecified atom stereocenters. The smallest absolute Gasteiger partial charge is 0.175 e. The van der Waals surface area contributed by atoms with Gasteiger partial charge < -0.3 is 14.2 Å². The molecule has 0 aliphatic rings. The molecule has 0 aliphatic heterocycles. The fourth-order valence-electron chi connectivity index (χ4n) is 2.23. The number of hydrogen-bond acceptors (Lipinski definition) is 5. The summed E-state index contributed by atoms with van der Waals surface area (Å²) in [6.45, 7) is 0. The number of rotatable bonds is 7. The Labute approximate surface area is 156 Å². The Balaban J connectivity index is 2.32. The van der Waals surface area contributed by atoms with E-state index in [4.69, 9.17) is 14.2 Å². The van der Waals surface area contributed by atoms with Crippen LogP contribution in [-0.4, -0.2) is 29.7 Å². The molecule has 2 rings (SSSR count). The molecule has 0 aliphatic carbocycles. The summed E-state index contributed by atoms with van der Waals surface area (Å²) in [7, 11) is 1.09. The van der Waals surface area contributed by atoms with Crippen molar-refractivity contribution in [1.29, 1.82) is 0 Å². The van der Waals surface area contributed by atoms with Gasteiger partial charge in [0, 0.05) is 22.0 Å². The Hall–Kier alpha value is -1.99. The summed E-state index contributed by atoms with van der Waals surface area (Å²) in [4.78, 5) is 0. The summed E-state index contributed by atoms with van der Waals surface area (Å²) in [5.74, 6) is 1.40. The molecule has 0 bridgehead atoms. The summed E-state index contributed by atoms with van der Waals surface area (Å²) < 4.78 is 41.5. The second-order valence-corrected chi connectivity index (χ2v) is 7.98. The molecular formula is C18H19BrO5S. The molecule has 0 aromatic heterocycles. The lowest BCUT2D eigenvalue weighted by molar-refractivity contribution is 0.374. The van der Waals surface area contributed by atoms with E-state index >= 15 is 0 Å². The lowest BCUT2D eigenvalue weighted by Gasteiger charge is -2.12. The first kappa shape index (κ1) is 19.3. The third-order valence-electron chi connectivity index (χ3n) is 3.48. The number of benzene rings is 2. The van der Waals surface area contributed by atoms with Gasteiger partial charge in [0.1, 0.15) is 17.2 Å². The number of methoxy groups -OCH3 is 3. The SMILES string of the molecule is COc1cc(OC)c(/C=C/S(=O)(=O)Cc2ccc(Br)cc2)c(OC)c1. The van der Waals surface area contributed by atoms with Gasteiger partial charge in [0.05, 0.1) is 32.6 Å². The zero-order valence-electron chi connectivity index (χ0n) is 14.2. The monoisotopic (exact) mass is 426 g/mol. The summed E-state index contributed by atoms with van der Waals surface area (Å²) in [6.07, 6.45) is 1.48. The topological polar surface area (TPSA) is 61.8 Å². The quantitative estimate of drug-likeness (QED) is 0.667. The highest BCUT2D eigenvalue weighted by Gasteiger charge is 2.13. The van der Waals surface area contributed by atoms with E-state index in [1.165, 1.54) is 32.8 Å². The van der Waals surface area contributed by atoms with E-state index in [0.29, 0.717) is 28.4 Å². The van der Waals surface area contributed by atoms with Crippen LogP contribution >= 0.6 is 15.9 Å². The second-order valence-electron chi connectivity index (χ2n) is 5.18. The van der Waals surface area contributed by atoms with Crippen molar-refractivity contribution in [3.05, 3.63) is 57.4 Å². The van der Waals surface area contributed by atoms with E-state index in [1.54, 1.807) is 24.3 Å². The van der Waals surface area contributed by atoms with E-state index < -0.39 is 9.84 Å². The Bertz CT molecular complexity index is 833. The van der Waals surface area contributed by atoms with Crippen molar-refractivity contribution in [3.63, 3.8) is 0 Å². The number of halogens is 1. The summed E-state index contributed by atoms with van der Waals surface area (Å²) >= 11 is 3.33. The highest BCUT2D eigenvalue weighted by atomic mass is 79.9. The second kappa shape index (κ2) is 8.40. The van der Waals surface area contributed by atoms with Crippen molar-refractivity contribution >= 4 is 31.8 Å². The molecule has 134 valence electrons. The predicted octanol–water partition coefficient (Wildman–Crippen LogP) is 4.06. The molecule has 25 heavy (non-hydrogen) atoms. The molecule has 0 amide bonds. The molecule has 0 heterocycles. The fraction of sp³-hybridized carbons (Fsp3) is 0.222. The lowest BCUT2D eigenvalue weighted by atomic mass is 10.1. The maximum Gasteiger partial charge on any atom is 0.175 e. The number of ether oxygens (including phenoxy) is 3. The van der Waals surface area contributed by atoms with Crippen molar-refractivity contribution < 1.29 is 22.6 Å². The number of sulfone groups is 1. The van der Waals surface area contributed by atoms with Crippen LogP contribution < -0.4 is 14.2 Å². The zero-order valence-corrected chi connectivity index (χ0v) is 16.6. The largest absolute Gasteiger partial charge is 0.496 e. The predicted molar refractivity (Wildman–Crippen MR) is 102 cm³/mol. The van der Waals surface area contributed by atoms with E-state index in [2.05, 4.69) is 15.9 Å². The Kier molecular flexibility index (Phi) is 6.50. The van der Waals surface area contributed by atoms with Gasteiger partial charge >= 0.3 is 0 Å². The normalized spacial score (nSPS) is 11.5. The van der Waals surface area contributed by atoms with Crippen molar-refractivity contribution in [1.82, 2.24) is 0 Å². The van der Waals surface area contributed by atoms with Crippen LogP contribution in [0.4, 0.5) is 0 Å². The van der Waals surface area contributed by atoms with Gasteiger partial charge in [0.2, 0.25) is 0 Å². The van der Waals surface area contributed by atoms with Gasteiger partial charge in [0.15, 0.2) is 9.84 Å². The Morgan fingerprint density at radius 3 is 2.00 bits per heavy atom. The minimum atomic E-state index is -3.45. The molecule has 0 radical (unpaired) electrons. The molecule has 2 aromatic rings. The van der Waals surface area contributed by atoms with Crippen LogP contribution in [0.3, 0.4) is 0 Å². The van der Waals surface area contributed by atoms with Crippen molar-refractivity contribution in [2.75, 3.05) is 21.3 Å². The van der Waals surface area contributed by atoms with Crippen molar-refractivity contribution in [2.45, 2.75) is 5.75 Å². The molecule has 0 N–H and O–H groups in total. The van der Waals surface area contributed by atoms with E-state index in [-0.39, 0.29) is 5.75 Å². The van der Waals surface area contributed by atoms with Gasteiger partial charge in [-0.15, -0.1) is 0 Å². The van der Waals surface area contributed by atoms with Crippen LogP contribution in [0.15, 0.2) is 46.3 Å². The van der Waals surface area contributed by atoms with Crippen LogP contribution in [0, 0.1) is 0 Å². The van der Waals surface area contributed by atoms with Gasteiger partial charge in [-0.05, 0) is 23.8 Å². The van der Waals surface area contributed by atoms with Crippen LogP contribution in [0.1, 0.15) is 11.1 Å². The standard InChI is InChI=1S/C18H19BrO5S/c1-22-15-10-17(23-2)16(18(11-15)24-3)8-9-25(20,21)12-13-4-6-14(19)7-5-13/h4-11H,12H2,1-3H3/b9-8+. The molecule has 7 heteroatoms. The molecule has 2 aromatic carbocycles. The first-order valence-electron chi connectivity index (χ1n) is 7.34. The van der Waals surface area contributed by atoms with Crippen molar-refractivity contribution in [2.24, 2.45) is 0 Å². The van der Waals surface area contributed by atoms with Gasteiger partial charge in [-0.2, -0.15) is 0 Å². The van der Waals surface area contributed by atoms with Gasteiger partial charge in [-0.25, -0.2) is 8.42 Å². The Morgan fingerprint density at radius 2 is 1.52 bits per heavy atom. The average molecular weight is 427 g/mol. The highest BCUT2D eigenvalue weighted by molar-refractivity contribution is 9.10. The molecule has 0 saturated carbocycles. The minimum Gasteiger partial charge on any atom is -0.496 e. The first-order chi connectivity index (χ1) is 11.9. The van der Waals surface area contributed by atoms with Gasteiger partial charge in [0.25, 0.3) is 0 Å². The average Bonchev–Trinajstić information content (AvgIpc) is 2.61. The van der Waals surface area contributed by atoms with Crippen LogP contribution in [0.2, 0.25) is 0 Å². The van der Waals surface area contributed by atoms with E-state index in [0.717, 1.165) is 4.47 Å². The minimum absolute atomic E-state index is 0.0857. The molecule has 0 saturated heterocycles. The molecule has 5 nitrogen and oxygen atoms in total. The molecule has 0 fully saturated rings. The van der Waals surface area contributed by atoms with Crippen molar-refractivity contribution in [3.8, 4) is 17.2 Å². The van der Waals surface area contributed by atoms with Crippen LogP contribution in [-0.2, 0) is 15.6 Å². The summed E-state index contributed by atoms with van der Waals surface area (Å²) in [6, 6.07) is 10.5. The summed E-state index contributed by atoms with van der Waals surface area (Å²) in [5, 5.41) is 1.17. The number of hydrogen-bond donors (Lipinski definition) is 0. The van der Waals surface area contributed by atoms with Crippen LogP contribution in [0.25, 0.3) is 6.08 Å². The van der Waals surface area contributed by atoms with Crippen LogP contribution in [0.5, 0.6) is 17.2 Å². The third-order valence-corrected chi connectivity index (χ3v) is 5.29. The van der Waals surface area contributed by atoms with E-state index in [1.807, 2.05) is 12.1 Å². The maximum atomic E-state index is 12.4.